The Kier molecular flexibility index (Phi) is 7.51. The summed E-state index contributed by atoms with van der Waals surface area (Å²) in [6, 6.07) is 7.92. The van der Waals surface area contributed by atoms with Crippen molar-refractivity contribution in [1.29, 1.82) is 0 Å². The number of carbonyl (C=O) groups excluding carboxylic acids is 3. The number of Topliss-reactive ketones (excluding diaryl/α,β-unsaturated/α-hetero) is 1. The molecule has 0 amide bonds. The molecule has 0 saturated heterocycles. The Hall–Kier alpha value is -1.48. The molecule has 7 heteroatoms. The molecule has 1 N–H and O–H groups in total. The summed E-state index contributed by atoms with van der Waals surface area (Å²) in [6.45, 7) is 7.47. The SMILES string of the molecule is CC(=O)O[C@@H]1CC[C@@]2(C)[C@H](C1)C[C@@H](OC(=O)Cc1cccc(I)c1)[C@@H]1[C@H]2CC[C@@]2(C)[C@H]1CC[C@]2(O)C(C)=O. The third-order valence-electron chi connectivity index (χ3n) is 11.2. The van der Waals surface area contributed by atoms with Gasteiger partial charge in [-0.05, 0) is 122 Å². The van der Waals surface area contributed by atoms with Crippen LogP contribution in [0.15, 0.2) is 24.3 Å². The molecule has 0 spiro atoms. The first-order valence-corrected chi connectivity index (χ1v) is 15.3. The summed E-state index contributed by atoms with van der Waals surface area (Å²) in [4.78, 5) is 37.8. The number of benzene rings is 1. The number of ether oxygens (including phenoxy) is 2. The molecule has 0 bridgehead atoms. The van der Waals surface area contributed by atoms with E-state index in [1.807, 2.05) is 24.3 Å². The Morgan fingerprint density at radius 2 is 1.74 bits per heavy atom. The quantitative estimate of drug-likeness (QED) is 0.332. The Bertz CT molecular complexity index is 1120. The molecule has 5 rings (SSSR count). The summed E-state index contributed by atoms with van der Waals surface area (Å²) in [5.74, 6) is 0.240. The van der Waals surface area contributed by atoms with E-state index in [0.717, 1.165) is 54.1 Å². The minimum Gasteiger partial charge on any atom is -0.463 e. The highest BCUT2D eigenvalue weighted by atomic mass is 127. The van der Waals surface area contributed by atoms with Gasteiger partial charge in [0.25, 0.3) is 0 Å². The van der Waals surface area contributed by atoms with Crippen molar-refractivity contribution in [3.05, 3.63) is 33.4 Å². The minimum absolute atomic E-state index is 0.0536. The summed E-state index contributed by atoms with van der Waals surface area (Å²) >= 11 is 2.25. The second-order valence-electron chi connectivity index (χ2n) is 13.0. The number of halogens is 1. The molecule has 9 atom stereocenters. The van der Waals surface area contributed by atoms with Crippen LogP contribution in [0.4, 0.5) is 0 Å². The summed E-state index contributed by atoms with van der Waals surface area (Å²) < 4.78 is 13.1. The predicted molar refractivity (Wildman–Crippen MR) is 151 cm³/mol. The summed E-state index contributed by atoms with van der Waals surface area (Å²) in [5.41, 5.74) is -0.842. The number of carbonyl (C=O) groups is 3. The van der Waals surface area contributed by atoms with Crippen LogP contribution in [0.2, 0.25) is 0 Å². The molecule has 6 nitrogen and oxygen atoms in total. The van der Waals surface area contributed by atoms with Gasteiger partial charge in [-0.2, -0.15) is 0 Å². The van der Waals surface area contributed by atoms with Gasteiger partial charge in [0, 0.05) is 21.8 Å². The molecule has 0 aliphatic heterocycles. The van der Waals surface area contributed by atoms with Crippen LogP contribution in [0, 0.1) is 38.1 Å². The molecular weight excluding hydrogens is 595 g/mol. The molecular formula is C31H41IO6. The van der Waals surface area contributed by atoms with Crippen LogP contribution in [0.5, 0.6) is 0 Å². The van der Waals surface area contributed by atoms with E-state index in [0.29, 0.717) is 12.3 Å². The van der Waals surface area contributed by atoms with E-state index in [1.54, 1.807) is 0 Å². The van der Waals surface area contributed by atoms with Crippen LogP contribution in [-0.4, -0.2) is 40.6 Å². The van der Waals surface area contributed by atoms with E-state index in [-0.39, 0.29) is 59.5 Å². The van der Waals surface area contributed by atoms with Gasteiger partial charge in [0.1, 0.15) is 17.8 Å². The Labute approximate surface area is 239 Å². The summed E-state index contributed by atoms with van der Waals surface area (Å²) in [7, 11) is 0. The highest BCUT2D eigenvalue weighted by molar-refractivity contribution is 14.1. The minimum atomic E-state index is -1.32. The van der Waals surface area contributed by atoms with Gasteiger partial charge in [-0.25, -0.2) is 0 Å². The molecule has 0 aromatic heterocycles. The molecule has 1 aromatic rings. The van der Waals surface area contributed by atoms with Gasteiger partial charge in [0.15, 0.2) is 5.78 Å². The van der Waals surface area contributed by atoms with E-state index in [2.05, 4.69) is 36.4 Å². The molecule has 4 aliphatic carbocycles. The molecule has 38 heavy (non-hydrogen) atoms. The van der Waals surface area contributed by atoms with Crippen LogP contribution in [-0.2, 0) is 30.3 Å². The van der Waals surface area contributed by atoms with Crippen molar-refractivity contribution < 1.29 is 29.0 Å². The smallest absolute Gasteiger partial charge is 0.310 e. The average Bonchev–Trinajstić information content (AvgIpc) is 3.11. The number of ketones is 1. The van der Waals surface area contributed by atoms with Crippen LogP contribution in [0.3, 0.4) is 0 Å². The number of rotatable bonds is 5. The van der Waals surface area contributed by atoms with Gasteiger partial charge in [-0.1, -0.05) is 26.0 Å². The normalized spacial score (nSPS) is 41.8. The maximum absolute atomic E-state index is 13.3. The molecule has 0 heterocycles. The van der Waals surface area contributed by atoms with Gasteiger partial charge < -0.3 is 14.6 Å². The topological polar surface area (TPSA) is 89.9 Å². The molecule has 4 saturated carbocycles. The standard InChI is InChI=1S/C31H41IO6/c1-18(33)31(36)13-10-25-28-24(9-12-30(25,31)4)29(3)11-8-23(37-19(2)34)16-21(29)17-26(28)38-27(35)15-20-6-5-7-22(32)14-20/h5-7,14,21,23-26,28,36H,8-13,15-17H2,1-4H3/t21-,23-,24-,25+,26-,28-,29+,30+,31+/m1/s1. The van der Waals surface area contributed by atoms with Crippen molar-refractivity contribution in [1.82, 2.24) is 0 Å². The molecule has 0 unspecified atom stereocenters. The zero-order valence-electron chi connectivity index (χ0n) is 23.0. The van der Waals surface area contributed by atoms with E-state index in [9.17, 15) is 19.5 Å². The van der Waals surface area contributed by atoms with Crippen LogP contribution < -0.4 is 0 Å². The third-order valence-corrected chi connectivity index (χ3v) is 11.9. The summed E-state index contributed by atoms with van der Waals surface area (Å²) in [6.07, 6.45) is 6.17. The highest BCUT2D eigenvalue weighted by Gasteiger charge is 2.68. The van der Waals surface area contributed by atoms with Gasteiger partial charge in [-0.3, -0.25) is 14.4 Å². The fourth-order valence-corrected chi connectivity index (χ4v) is 9.85. The van der Waals surface area contributed by atoms with Gasteiger partial charge >= 0.3 is 11.9 Å². The lowest BCUT2D eigenvalue weighted by atomic mass is 9.43. The van der Waals surface area contributed by atoms with Crippen molar-refractivity contribution in [2.45, 2.75) is 103 Å². The van der Waals surface area contributed by atoms with E-state index in [1.165, 1.54) is 13.8 Å². The second kappa shape index (κ2) is 10.2. The largest absolute Gasteiger partial charge is 0.463 e. The Balaban J connectivity index is 1.46. The third kappa shape index (κ3) is 4.63. The van der Waals surface area contributed by atoms with Gasteiger partial charge in [0.05, 0.1) is 6.42 Å². The van der Waals surface area contributed by atoms with Crippen LogP contribution in [0.1, 0.15) is 84.6 Å². The van der Waals surface area contributed by atoms with E-state index in [4.69, 9.17) is 9.47 Å². The number of hydrogen-bond acceptors (Lipinski definition) is 6. The predicted octanol–water partition coefficient (Wildman–Crippen LogP) is 5.65. The van der Waals surface area contributed by atoms with Gasteiger partial charge in [0.2, 0.25) is 0 Å². The first-order valence-electron chi connectivity index (χ1n) is 14.2. The number of esters is 2. The lowest BCUT2D eigenvalue weighted by molar-refractivity contribution is -0.207. The first kappa shape index (κ1) is 28.1. The van der Waals surface area contributed by atoms with E-state index < -0.39 is 11.0 Å². The Morgan fingerprint density at radius 1 is 1.00 bits per heavy atom. The van der Waals surface area contributed by atoms with Crippen LogP contribution >= 0.6 is 22.6 Å². The van der Waals surface area contributed by atoms with Crippen molar-refractivity contribution >= 4 is 40.3 Å². The Morgan fingerprint density at radius 3 is 2.42 bits per heavy atom. The molecule has 0 radical (unpaired) electrons. The van der Waals surface area contributed by atoms with Gasteiger partial charge in [-0.15, -0.1) is 0 Å². The van der Waals surface area contributed by atoms with Crippen molar-refractivity contribution in [2.24, 2.45) is 34.5 Å². The maximum atomic E-state index is 13.3. The van der Waals surface area contributed by atoms with Crippen molar-refractivity contribution in [3.63, 3.8) is 0 Å². The number of hydrogen-bond donors (Lipinski definition) is 1. The fraction of sp³-hybridized carbons (Fsp3) is 0.710. The molecule has 4 aliphatic rings. The maximum Gasteiger partial charge on any atom is 0.310 e. The zero-order chi connectivity index (χ0) is 27.5. The first-order chi connectivity index (χ1) is 17.9. The molecule has 1 aromatic carbocycles. The number of aliphatic hydroxyl groups is 1. The van der Waals surface area contributed by atoms with Crippen molar-refractivity contribution in [2.75, 3.05) is 0 Å². The average molecular weight is 637 g/mol. The van der Waals surface area contributed by atoms with Crippen LogP contribution in [0.25, 0.3) is 0 Å². The lowest BCUT2D eigenvalue weighted by Gasteiger charge is -2.63. The van der Waals surface area contributed by atoms with E-state index >= 15 is 0 Å². The molecule has 4 fully saturated rings. The summed E-state index contributed by atoms with van der Waals surface area (Å²) in [5, 5.41) is 11.6. The highest BCUT2D eigenvalue weighted by Crippen LogP contribution is 2.68. The monoisotopic (exact) mass is 636 g/mol. The zero-order valence-corrected chi connectivity index (χ0v) is 25.2. The second-order valence-corrected chi connectivity index (χ2v) is 14.2. The molecule has 208 valence electrons. The van der Waals surface area contributed by atoms with Crippen molar-refractivity contribution in [3.8, 4) is 0 Å². The number of fused-ring (bicyclic) bond motifs is 5. The lowest BCUT2D eigenvalue weighted by Crippen LogP contribution is -2.62. The fourth-order valence-electron chi connectivity index (χ4n) is 9.24.